The predicted octanol–water partition coefficient (Wildman–Crippen LogP) is 7.58. The minimum Gasteiger partial charge on any atom is -0.488 e. The van der Waals surface area contributed by atoms with Crippen molar-refractivity contribution in [1.82, 2.24) is 5.32 Å². The highest BCUT2D eigenvalue weighted by Crippen LogP contribution is 2.30. The zero-order valence-electron chi connectivity index (χ0n) is 16.7. The van der Waals surface area contributed by atoms with Crippen LogP contribution in [0.5, 0.6) is 5.75 Å². The number of rotatable bonds is 7. The van der Waals surface area contributed by atoms with E-state index in [1.807, 2.05) is 24.3 Å². The van der Waals surface area contributed by atoms with Gasteiger partial charge >= 0.3 is 0 Å². The molecule has 1 N–H and O–H groups in total. The van der Waals surface area contributed by atoms with E-state index in [1.54, 1.807) is 6.07 Å². The first-order valence-electron chi connectivity index (χ1n) is 9.97. The van der Waals surface area contributed by atoms with Gasteiger partial charge in [-0.05, 0) is 41.5 Å². The maximum absolute atomic E-state index is 6.32. The van der Waals surface area contributed by atoms with E-state index in [2.05, 4.69) is 66.8 Å². The second-order valence-corrected chi connectivity index (χ2v) is 8.14. The fraction of sp³-hybridized carbons (Fsp3) is 0.154. The van der Waals surface area contributed by atoms with Crippen LogP contribution in [0.4, 0.5) is 0 Å². The first-order valence-corrected chi connectivity index (χ1v) is 10.7. The van der Waals surface area contributed by atoms with Gasteiger partial charge in [-0.15, -0.1) is 0 Å². The summed E-state index contributed by atoms with van der Waals surface area (Å²) in [5.41, 5.74) is 3.31. The average Bonchev–Trinajstić information content (AvgIpc) is 2.77. The Morgan fingerprint density at radius 1 is 0.867 bits per heavy atom. The van der Waals surface area contributed by atoms with E-state index in [4.69, 9.17) is 27.9 Å². The van der Waals surface area contributed by atoms with Gasteiger partial charge in [0.05, 0.1) is 0 Å². The molecule has 0 saturated carbocycles. The molecule has 0 aliphatic rings. The molecule has 4 rings (SSSR count). The quantitative estimate of drug-likeness (QED) is 0.323. The van der Waals surface area contributed by atoms with Gasteiger partial charge in [0.25, 0.3) is 0 Å². The van der Waals surface area contributed by atoms with Crippen molar-refractivity contribution in [2.24, 2.45) is 0 Å². The van der Waals surface area contributed by atoms with Gasteiger partial charge in [0.2, 0.25) is 0 Å². The maximum Gasteiger partial charge on any atom is 0.124 e. The molecule has 30 heavy (non-hydrogen) atoms. The molecule has 0 saturated heterocycles. The Morgan fingerprint density at radius 3 is 2.43 bits per heavy atom. The number of ether oxygens (including phenoxy) is 1. The third-order valence-electron chi connectivity index (χ3n) is 5.28. The van der Waals surface area contributed by atoms with Gasteiger partial charge < -0.3 is 10.1 Å². The topological polar surface area (TPSA) is 21.3 Å². The number of hydrogen-bond acceptors (Lipinski definition) is 2. The molecular formula is C26H23Cl2NO. The van der Waals surface area contributed by atoms with Gasteiger partial charge in [-0.1, -0.05) is 89.9 Å². The zero-order valence-corrected chi connectivity index (χ0v) is 18.3. The summed E-state index contributed by atoms with van der Waals surface area (Å²) in [6, 6.07) is 28.7. The maximum atomic E-state index is 6.32. The van der Waals surface area contributed by atoms with E-state index in [1.165, 1.54) is 16.3 Å². The first kappa shape index (κ1) is 20.7. The molecule has 152 valence electrons. The molecule has 4 aromatic carbocycles. The monoisotopic (exact) mass is 435 g/mol. The third kappa shape index (κ3) is 4.79. The van der Waals surface area contributed by atoms with Crippen molar-refractivity contribution >= 4 is 34.0 Å². The zero-order chi connectivity index (χ0) is 20.9. The molecule has 0 heterocycles. The minimum absolute atomic E-state index is 0.226. The van der Waals surface area contributed by atoms with Crippen LogP contribution in [0.25, 0.3) is 10.8 Å². The Kier molecular flexibility index (Phi) is 6.59. The van der Waals surface area contributed by atoms with Crippen LogP contribution >= 0.6 is 23.2 Å². The number of nitrogens with one attached hydrogen (secondary N) is 1. The lowest BCUT2D eigenvalue weighted by atomic mass is 10.0. The van der Waals surface area contributed by atoms with Gasteiger partial charge in [0, 0.05) is 33.8 Å². The summed E-state index contributed by atoms with van der Waals surface area (Å²) in [7, 11) is 0. The molecule has 0 aliphatic heterocycles. The van der Waals surface area contributed by atoms with Gasteiger partial charge in [-0.2, -0.15) is 0 Å². The van der Waals surface area contributed by atoms with E-state index in [0.29, 0.717) is 23.2 Å². The van der Waals surface area contributed by atoms with Crippen molar-refractivity contribution in [1.29, 1.82) is 0 Å². The summed E-state index contributed by atoms with van der Waals surface area (Å²) in [6.45, 7) is 3.26. The van der Waals surface area contributed by atoms with E-state index in [9.17, 15) is 0 Å². The summed E-state index contributed by atoms with van der Waals surface area (Å²) in [4.78, 5) is 0. The van der Waals surface area contributed by atoms with Crippen molar-refractivity contribution in [2.75, 3.05) is 0 Å². The van der Waals surface area contributed by atoms with Crippen LogP contribution in [0.3, 0.4) is 0 Å². The van der Waals surface area contributed by atoms with Crippen LogP contribution < -0.4 is 10.1 Å². The summed E-state index contributed by atoms with van der Waals surface area (Å²) >= 11 is 12.3. The Bertz CT molecular complexity index is 1140. The van der Waals surface area contributed by atoms with E-state index in [0.717, 1.165) is 16.9 Å². The second-order valence-electron chi connectivity index (χ2n) is 7.30. The van der Waals surface area contributed by atoms with E-state index in [-0.39, 0.29) is 6.04 Å². The fourth-order valence-corrected chi connectivity index (χ4v) is 4.01. The number of halogens is 2. The van der Waals surface area contributed by atoms with Crippen molar-refractivity contribution < 1.29 is 4.74 Å². The van der Waals surface area contributed by atoms with E-state index >= 15 is 0 Å². The van der Waals surface area contributed by atoms with E-state index < -0.39 is 0 Å². The summed E-state index contributed by atoms with van der Waals surface area (Å²) < 4.78 is 6.22. The van der Waals surface area contributed by atoms with Crippen LogP contribution in [0.15, 0.2) is 84.9 Å². The smallest absolute Gasteiger partial charge is 0.124 e. The lowest BCUT2D eigenvalue weighted by Gasteiger charge is -2.19. The minimum atomic E-state index is 0.226. The molecule has 4 aromatic rings. The third-order valence-corrected chi connectivity index (χ3v) is 5.87. The van der Waals surface area contributed by atoms with Crippen LogP contribution in [0.2, 0.25) is 10.0 Å². The standard InChI is InChI=1S/C26H23Cl2NO/c1-18(19-7-3-2-4-8-19)29-16-24-23-10-6-5-9-20(23)12-14-26(24)30-17-21-11-13-22(27)15-25(21)28/h2-15,18,29H,16-17H2,1H3/t18-/m1/s1. The molecule has 0 amide bonds. The number of hydrogen-bond donors (Lipinski definition) is 1. The van der Waals surface area contributed by atoms with Gasteiger partial charge in [-0.3, -0.25) is 0 Å². The molecule has 1 atom stereocenters. The number of fused-ring (bicyclic) bond motifs is 1. The fourth-order valence-electron chi connectivity index (χ4n) is 3.54. The summed E-state index contributed by atoms with van der Waals surface area (Å²) in [5, 5.41) is 7.25. The normalized spacial score (nSPS) is 12.1. The lowest BCUT2D eigenvalue weighted by Crippen LogP contribution is -2.18. The van der Waals surface area contributed by atoms with Crippen molar-refractivity contribution in [3.63, 3.8) is 0 Å². The Labute approximate surface area is 187 Å². The molecule has 0 fully saturated rings. The Hall–Kier alpha value is -2.52. The van der Waals surface area contributed by atoms with Crippen molar-refractivity contribution in [3.8, 4) is 5.75 Å². The van der Waals surface area contributed by atoms with Crippen LogP contribution in [-0.2, 0) is 13.2 Å². The molecule has 4 heteroatoms. The molecule has 0 spiro atoms. The van der Waals surface area contributed by atoms with Gasteiger partial charge in [0.1, 0.15) is 12.4 Å². The molecule has 0 radical (unpaired) electrons. The molecule has 0 unspecified atom stereocenters. The highest BCUT2D eigenvalue weighted by Gasteiger charge is 2.12. The van der Waals surface area contributed by atoms with Crippen molar-refractivity contribution in [3.05, 3.63) is 112 Å². The SMILES string of the molecule is C[C@@H](NCc1c(OCc2ccc(Cl)cc2Cl)ccc2ccccc12)c1ccccc1. The Morgan fingerprint density at radius 2 is 1.63 bits per heavy atom. The lowest BCUT2D eigenvalue weighted by molar-refractivity contribution is 0.302. The molecule has 2 nitrogen and oxygen atoms in total. The van der Waals surface area contributed by atoms with Crippen LogP contribution in [0.1, 0.15) is 29.7 Å². The Balaban J connectivity index is 1.59. The summed E-state index contributed by atoms with van der Waals surface area (Å²) in [6.07, 6.45) is 0. The van der Waals surface area contributed by atoms with Crippen LogP contribution in [0, 0.1) is 0 Å². The molecular weight excluding hydrogens is 413 g/mol. The molecule has 0 aliphatic carbocycles. The van der Waals surface area contributed by atoms with Gasteiger partial charge in [0.15, 0.2) is 0 Å². The summed E-state index contributed by atoms with van der Waals surface area (Å²) in [5.74, 6) is 0.854. The first-order chi connectivity index (χ1) is 14.6. The van der Waals surface area contributed by atoms with Crippen LogP contribution in [-0.4, -0.2) is 0 Å². The number of benzene rings is 4. The van der Waals surface area contributed by atoms with Gasteiger partial charge in [-0.25, -0.2) is 0 Å². The van der Waals surface area contributed by atoms with Crippen molar-refractivity contribution in [2.45, 2.75) is 26.1 Å². The second kappa shape index (κ2) is 9.53. The molecule has 0 aromatic heterocycles. The largest absolute Gasteiger partial charge is 0.488 e. The predicted molar refractivity (Wildman–Crippen MR) is 126 cm³/mol. The molecule has 0 bridgehead atoms. The highest BCUT2D eigenvalue weighted by molar-refractivity contribution is 6.35. The average molecular weight is 436 g/mol. The highest BCUT2D eigenvalue weighted by atomic mass is 35.5.